The highest BCUT2D eigenvalue weighted by atomic mass is 28.4. The highest BCUT2D eigenvalue weighted by Crippen LogP contribution is 2.36. The van der Waals surface area contributed by atoms with Gasteiger partial charge in [0.1, 0.15) is 44.4 Å². The van der Waals surface area contributed by atoms with Crippen LogP contribution in [0.15, 0.2) is 9.59 Å². The molecule has 0 spiro atoms. The van der Waals surface area contributed by atoms with Gasteiger partial charge in [0, 0.05) is 0 Å². The Morgan fingerprint density at radius 2 is 0.923 bits per heavy atom. The summed E-state index contributed by atoms with van der Waals surface area (Å²) in [5, 5.41) is 0. The first-order valence-electron chi connectivity index (χ1n) is 9.25. The molecule has 0 saturated carbocycles. The normalized spacial score (nSPS) is 13.7. The number of nitrogens with one attached hydrogen (secondary N) is 2. The van der Waals surface area contributed by atoms with Crippen LogP contribution in [0.5, 0.6) is 0 Å². The number of rotatable bonds is 6. The zero-order chi connectivity index (χ0) is 20.9. The Balaban J connectivity index is 4.03. The van der Waals surface area contributed by atoms with Crippen LogP contribution < -0.4 is 19.7 Å². The van der Waals surface area contributed by atoms with Crippen LogP contribution in [0, 0.1) is 0 Å². The lowest BCUT2D eigenvalue weighted by molar-refractivity contribution is 1.02. The number of aromatic nitrogens is 2. The van der Waals surface area contributed by atoms with Gasteiger partial charge in [0.25, 0.3) is 5.56 Å². The zero-order valence-electron chi connectivity index (χ0n) is 18.7. The van der Waals surface area contributed by atoms with E-state index in [9.17, 15) is 9.59 Å². The quantitative estimate of drug-likeness (QED) is 0.669. The van der Waals surface area contributed by atoms with Crippen LogP contribution in [-0.4, -0.2) is 42.9 Å². The Bertz CT molecular complexity index is 733. The number of H-pyrrole nitrogens is 2. The third-order valence-corrected chi connectivity index (χ3v) is 18.3. The monoisotopic (exact) mass is 430 g/mol. The second kappa shape index (κ2) is 6.95. The molecule has 0 aromatic carbocycles. The summed E-state index contributed by atoms with van der Waals surface area (Å²) in [6, 6.07) is 0. The van der Waals surface area contributed by atoms with Gasteiger partial charge in [-0.25, -0.2) is 4.79 Å². The van der Waals surface area contributed by atoms with Crippen LogP contribution in [-0.2, 0) is 0 Å². The fourth-order valence-corrected chi connectivity index (χ4v) is 23.7. The molecule has 2 N–H and O–H groups in total. The van der Waals surface area contributed by atoms with Gasteiger partial charge in [-0.3, -0.25) is 14.8 Å². The first kappa shape index (κ1) is 23.2. The predicted octanol–water partition coefficient (Wildman–Crippen LogP) is 4.02. The van der Waals surface area contributed by atoms with Gasteiger partial charge in [-0.05, 0) is 0 Å². The molecule has 0 aliphatic carbocycles. The number of hydrogen-bond acceptors (Lipinski definition) is 4. The Labute approximate surface area is 162 Å². The van der Waals surface area contributed by atoms with Crippen molar-refractivity contribution in [1.29, 1.82) is 0 Å². The molecule has 0 atom stereocenters. The van der Waals surface area contributed by atoms with Crippen LogP contribution in [0.3, 0.4) is 0 Å². The molecule has 0 amide bonds. The third kappa shape index (κ3) is 5.11. The summed E-state index contributed by atoms with van der Waals surface area (Å²) < 4.78 is 4.86. The van der Waals surface area contributed by atoms with E-state index in [2.05, 4.69) is 97.0 Å². The molecule has 0 radical (unpaired) electrons. The average Bonchev–Trinajstić information content (AvgIpc) is 2.25. The van der Waals surface area contributed by atoms with Crippen molar-refractivity contribution in [3.05, 3.63) is 20.8 Å². The Morgan fingerprint density at radius 1 is 0.577 bits per heavy atom. The fraction of sp³-hybridized carbons (Fsp3) is 0.750. The lowest BCUT2D eigenvalue weighted by Gasteiger charge is -2.50. The first-order chi connectivity index (χ1) is 11.3. The molecule has 1 aromatic heterocycles. The van der Waals surface area contributed by atoms with Crippen molar-refractivity contribution in [2.75, 3.05) is 8.46 Å². The molecule has 6 nitrogen and oxygen atoms in total. The van der Waals surface area contributed by atoms with Gasteiger partial charge in [-0.2, -0.15) is 0 Å². The molecular formula is C16H38N4O2Si4. The Morgan fingerprint density at radius 3 is 1.23 bits per heavy atom. The maximum atomic E-state index is 13.1. The summed E-state index contributed by atoms with van der Waals surface area (Å²) in [5.74, 6) is 0.752. The number of anilines is 2. The van der Waals surface area contributed by atoms with Gasteiger partial charge < -0.3 is 8.46 Å². The van der Waals surface area contributed by atoms with Gasteiger partial charge in [0.2, 0.25) is 0 Å². The summed E-state index contributed by atoms with van der Waals surface area (Å²) in [6.45, 7) is 27.3. The number of nitrogens with zero attached hydrogens (tertiary/aromatic N) is 2. The molecule has 26 heavy (non-hydrogen) atoms. The average molecular weight is 431 g/mol. The van der Waals surface area contributed by atoms with E-state index in [4.69, 9.17) is 0 Å². The van der Waals surface area contributed by atoms with Crippen molar-refractivity contribution in [2.45, 2.75) is 78.6 Å². The highest BCUT2D eigenvalue weighted by Gasteiger charge is 2.42. The van der Waals surface area contributed by atoms with E-state index < -0.39 is 38.6 Å². The van der Waals surface area contributed by atoms with Crippen molar-refractivity contribution in [1.82, 2.24) is 9.97 Å². The molecule has 0 saturated heterocycles. The van der Waals surface area contributed by atoms with Crippen LogP contribution in [0.1, 0.15) is 0 Å². The molecule has 1 aromatic rings. The van der Waals surface area contributed by atoms with Crippen molar-refractivity contribution in [2.24, 2.45) is 0 Å². The first-order valence-corrected chi connectivity index (χ1v) is 23.0. The van der Waals surface area contributed by atoms with Crippen molar-refractivity contribution >= 4 is 44.4 Å². The molecule has 1 heterocycles. The van der Waals surface area contributed by atoms with Crippen LogP contribution in [0.2, 0.25) is 78.6 Å². The van der Waals surface area contributed by atoms with E-state index in [0.717, 1.165) is 5.82 Å². The van der Waals surface area contributed by atoms with E-state index in [-0.39, 0.29) is 5.56 Å². The number of aromatic amines is 2. The standard InChI is InChI=1S/C16H38N4O2Si4/c1-23(2,3)19(24(4,5)6)13-14(17-16(22)18-15(13)21)20(25(7,8)9)26(10,11)12/h1-12H3,(H2,17,18,21,22). The van der Waals surface area contributed by atoms with E-state index in [1.54, 1.807) is 0 Å². The second-order valence-electron chi connectivity index (χ2n) is 11.0. The SMILES string of the molecule is C[Si](C)(C)N(c1[nH]c(=O)[nH]c(=O)c1N([Si](C)(C)C)[Si](C)(C)C)[Si](C)(C)C. The largest absolute Gasteiger partial charge is 0.417 e. The minimum absolute atomic E-state index is 0.255. The molecule has 1 rings (SSSR count). The second-order valence-corrected chi connectivity index (χ2v) is 31.0. The highest BCUT2D eigenvalue weighted by molar-refractivity contribution is 7.01. The molecule has 0 aliphatic heterocycles. The maximum Gasteiger partial charge on any atom is 0.327 e. The van der Waals surface area contributed by atoms with Gasteiger partial charge in [-0.1, -0.05) is 78.6 Å². The van der Waals surface area contributed by atoms with Crippen LogP contribution >= 0.6 is 0 Å². The fourth-order valence-electron chi connectivity index (χ4n) is 4.19. The van der Waals surface area contributed by atoms with Crippen molar-refractivity contribution in [3.63, 3.8) is 0 Å². The van der Waals surface area contributed by atoms with Crippen LogP contribution in [0.4, 0.5) is 11.5 Å². The lowest BCUT2D eigenvalue weighted by Crippen LogP contribution is -2.64. The lowest BCUT2D eigenvalue weighted by atomic mass is 10.5. The van der Waals surface area contributed by atoms with E-state index in [1.807, 2.05) is 0 Å². The molecule has 150 valence electrons. The molecule has 10 heteroatoms. The smallest absolute Gasteiger partial charge is 0.327 e. The zero-order valence-corrected chi connectivity index (χ0v) is 22.7. The van der Waals surface area contributed by atoms with Gasteiger partial charge in [-0.15, -0.1) is 0 Å². The van der Waals surface area contributed by atoms with Crippen molar-refractivity contribution in [3.8, 4) is 0 Å². The molecule has 0 aliphatic rings. The number of hydrogen-bond donors (Lipinski definition) is 2. The van der Waals surface area contributed by atoms with E-state index in [1.165, 1.54) is 0 Å². The van der Waals surface area contributed by atoms with Gasteiger partial charge in [0.05, 0.1) is 0 Å². The summed E-state index contributed by atoms with van der Waals surface area (Å²) in [6.07, 6.45) is 0. The predicted molar refractivity (Wildman–Crippen MR) is 126 cm³/mol. The Hall–Kier alpha value is -0.852. The summed E-state index contributed by atoms with van der Waals surface area (Å²) in [7, 11) is -7.36. The minimum atomic E-state index is -1.85. The van der Waals surface area contributed by atoms with Crippen molar-refractivity contribution < 1.29 is 0 Å². The summed E-state index contributed by atoms with van der Waals surface area (Å²) >= 11 is 0. The van der Waals surface area contributed by atoms with E-state index in [0.29, 0.717) is 5.69 Å². The van der Waals surface area contributed by atoms with E-state index >= 15 is 0 Å². The molecule has 0 bridgehead atoms. The molecule has 0 fully saturated rings. The van der Waals surface area contributed by atoms with Gasteiger partial charge in [0.15, 0.2) is 0 Å². The molecular weight excluding hydrogens is 393 g/mol. The summed E-state index contributed by atoms with van der Waals surface area (Å²) in [5.41, 5.74) is 0.0178. The molecule has 0 unspecified atom stereocenters. The third-order valence-electron chi connectivity index (χ3n) is 4.03. The van der Waals surface area contributed by atoms with Crippen LogP contribution in [0.25, 0.3) is 0 Å². The summed E-state index contributed by atoms with van der Waals surface area (Å²) in [4.78, 5) is 30.9. The maximum absolute atomic E-state index is 13.1. The topological polar surface area (TPSA) is 72.2 Å². The minimum Gasteiger partial charge on any atom is -0.417 e. The van der Waals surface area contributed by atoms with Gasteiger partial charge >= 0.3 is 5.69 Å². The Kier molecular flexibility index (Phi) is 6.20.